The van der Waals surface area contributed by atoms with Gasteiger partial charge in [-0.05, 0) is 41.4 Å². The van der Waals surface area contributed by atoms with Gasteiger partial charge in [0.1, 0.15) is 11.0 Å². The predicted octanol–water partition coefficient (Wildman–Crippen LogP) is 1.60. The largest absolute Gasteiger partial charge is 0.391 e. The van der Waals surface area contributed by atoms with Gasteiger partial charge in [-0.25, -0.2) is 4.63 Å². The monoisotopic (exact) mass is 275 g/mol. The highest BCUT2D eigenvalue weighted by Crippen LogP contribution is 2.24. The third-order valence-corrected chi connectivity index (χ3v) is 4.01. The lowest BCUT2D eigenvalue weighted by atomic mass is 9.91. The number of aliphatic hydroxyl groups is 1. The lowest BCUT2D eigenvalue weighted by Crippen LogP contribution is -2.46. The Morgan fingerprint density at radius 3 is 2.85 bits per heavy atom. The summed E-state index contributed by atoms with van der Waals surface area (Å²) in [5, 5.41) is 17.5. The second-order valence-electron chi connectivity index (χ2n) is 5.30. The van der Waals surface area contributed by atoms with Gasteiger partial charge in [-0.2, -0.15) is 0 Å². The van der Waals surface area contributed by atoms with Crippen LogP contribution in [-0.2, 0) is 0 Å². The smallest absolute Gasteiger partial charge is 0.254 e. The molecule has 1 fully saturated rings. The summed E-state index contributed by atoms with van der Waals surface area (Å²) in [5.74, 6) is -0.110. The highest BCUT2D eigenvalue weighted by Gasteiger charge is 2.29. The summed E-state index contributed by atoms with van der Waals surface area (Å²) in [4.78, 5) is 14.1. The summed E-state index contributed by atoms with van der Waals surface area (Å²) in [7, 11) is 1.74. The number of carbonyl (C=O) groups excluding carboxylic acids is 1. The minimum absolute atomic E-state index is 0.109. The predicted molar refractivity (Wildman–Crippen MR) is 72.2 cm³/mol. The van der Waals surface area contributed by atoms with Crippen LogP contribution in [0.15, 0.2) is 22.8 Å². The summed E-state index contributed by atoms with van der Waals surface area (Å²) in [6.45, 7) is 0. The Bertz CT molecular complexity index is 625. The molecular weight excluding hydrogens is 258 g/mol. The maximum atomic E-state index is 12.5. The number of benzene rings is 1. The van der Waals surface area contributed by atoms with Crippen molar-refractivity contribution in [1.29, 1.82) is 0 Å². The van der Waals surface area contributed by atoms with Gasteiger partial charge in [0.05, 0.1) is 12.1 Å². The maximum Gasteiger partial charge on any atom is 0.254 e. The molecule has 2 aromatic rings. The van der Waals surface area contributed by atoms with E-state index in [-0.39, 0.29) is 11.9 Å². The van der Waals surface area contributed by atoms with Crippen LogP contribution >= 0.6 is 0 Å². The minimum atomic E-state index is -0.435. The van der Waals surface area contributed by atoms with Gasteiger partial charge in [0.15, 0.2) is 0 Å². The standard InChI is InChI=1S/C14H17N3O3/c1-17(12-4-2-3-5-13(12)18)14(19)9-6-7-10-11(8-9)16-20-15-10/h6-8,12-13,18H,2-5H2,1H3. The van der Waals surface area contributed by atoms with Crippen LogP contribution in [0.25, 0.3) is 11.0 Å². The Morgan fingerprint density at radius 1 is 1.30 bits per heavy atom. The van der Waals surface area contributed by atoms with Crippen molar-refractivity contribution >= 4 is 16.9 Å². The number of hydrogen-bond donors (Lipinski definition) is 1. The van der Waals surface area contributed by atoms with E-state index in [2.05, 4.69) is 14.9 Å². The first-order valence-corrected chi connectivity index (χ1v) is 6.84. The average molecular weight is 275 g/mol. The quantitative estimate of drug-likeness (QED) is 0.900. The van der Waals surface area contributed by atoms with Crippen LogP contribution in [0.2, 0.25) is 0 Å². The molecule has 2 unspecified atom stereocenters. The van der Waals surface area contributed by atoms with Crippen molar-refractivity contribution in [3.05, 3.63) is 23.8 Å². The van der Waals surface area contributed by atoms with Crippen molar-refractivity contribution < 1.29 is 14.5 Å². The van der Waals surface area contributed by atoms with Crippen molar-refractivity contribution in [2.24, 2.45) is 0 Å². The van der Waals surface area contributed by atoms with E-state index in [1.165, 1.54) is 0 Å². The molecule has 6 nitrogen and oxygen atoms in total. The van der Waals surface area contributed by atoms with Gasteiger partial charge in [-0.1, -0.05) is 12.8 Å². The zero-order valence-corrected chi connectivity index (χ0v) is 11.3. The molecule has 1 saturated carbocycles. The van der Waals surface area contributed by atoms with Crippen molar-refractivity contribution in [1.82, 2.24) is 15.2 Å². The zero-order chi connectivity index (χ0) is 14.1. The highest BCUT2D eigenvalue weighted by molar-refractivity contribution is 5.97. The summed E-state index contributed by atoms with van der Waals surface area (Å²) < 4.78 is 4.63. The third-order valence-electron chi connectivity index (χ3n) is 4.01. The zero-order valence-electron chi connectivity index (χ0n) is 11.3. The van der Waals surface area contributed by atoms with E-state index in [4.69, 9.17) is 0 Å². The fourth-order valence-corrected chi connectivity index (χ4v) is 2.81. The number of carbonyl (C=O) groups is 1. The normalized spacial score (nSPS) is 22.9. The molecule has 0 bridgehead atoms. The SMILES string of the molecule is CN(C(=O)c1ccc2nonc2c1)C1CCCCC1O. The second kappa shape index (κ2) is 5.20. The molecule has 0 spiro atoms. The van der Waals surface area contributed by atoms with Crippen molar-refractivity contribution in [2.45, 2.75) is 37.8 Å². The summed E-state index contributed by atoms with van der Waals surface area (Å²) >= 11 is 0. The van der Waals surface area contributed by atoms with Crippen LogP contribution in [0.3, 0.4) is 0 Å². The molecule has 1 aliphatic carbocycles. The van der Waals surface area contributed by atoms with Crippen LogP contribution in [0.5, 0.6) is 0 Å². The Kier molecular flexibility index (Phi) is 3.40. The van der Waals surface area contributed by atoms with Gasteiger partial charge in [-0.15, -0.1) is 0 Å². The van der Waals surface area contributed by atoms with Crippen molar-refractivity contribution in [3.8, 4) is 0 Å². The van der Waals surface area contributed by atoms with Crippen LogP contribution in [0, 0.1) is 0 Å². The van der Waals surface area contributed by atoms with Crippen LogP contribution in [-0.4, -0.2) is 45.4 Å². The number of hydrogen-bond acceptors (Lipinski definition) is 5. The molecule has 2 atom stereocenters. The summed E-state index contributed by atoms with van der Waals surface area (Å²) in [5.41, 5.74) is 1.73. The molecule has 6 heteroatoms. The lowest BCUT2D eigenvalue weighted by molar-refractivity contribution is 0.0268. The number of likely N-dealkylation sites (N-methyl/N-ethyl adjacent to an activating group) is 1. The molecule has 1 aromatic heterocycles. The van der Waals surface area contributed by atoms with E-state index in [9.17, 15) is 9.90 Å². The van der Waals surface area contributed by atoms with Crippen LogP contribution in [0.4, 0.5) is 0 Å². The lowest BCUT2D eigenvalue weighted by Gasteiger charge is -2.35. The van der Waals surface area contributed by atoms with Gasteiger partial charge in [0.25, 0.3) is 5.91 Å². The van der Waals surface area contributed by atoms with Crippen molar-refractivity contribution in [2.75, 3.05) is 7.05 Å². The Balaban J connectivity index is 1.83. The van der Waals surface area contributed by atoms with Crippen LogP contribution in [0.1, 0.15) is 36.0 Å². The Morgan fingerprint density at radius 2 is 2.05 bits per heavy atom. The molecule has 1 aliphatic rings. The van der Waals surface area contributed by atoms with Gasteiger partial charge in [0, 0.05) is 12.6 Å². The number of amides is 1. The molecule has 1 heterocycles. The number of fused-ring (bicyclic) bond motifs is 1. The molecule has 1 N–H and O–H groups in total. The van der Waals surface area contributed by atoms with Gasteiger partial charge in [0.2, 0.25) is 0 Å². The molecule has 0 aliphatic heterocycles. The number of nitrogens with zero attached hydrogens (tertiary/aromatic N) is 3. The van der Waals surface area contributed by atoms with Crippen LogP contribution < -0.4 is 0 Å². The molecule has 20 heavy (non-hydrogen) atoms. The Hall–Kier alpha value is -1.95. The van der Waals surface area contributed by atoms with E-state index < -0.39 is 6.10 Å². The Labute approximate surface area is 116 Å². The summed E-state index contributed by atoms with van der Waals surface area (Å²) in [6.07, 6.45) is 3.24. The summed E-state index contributed by atoms with van der Waals surface area (Å²) in [6, 6.07) is 4.98. The third kappa shape index (κ3) is 2.27. The topological polar surface area (TPSA) is 79.5 Å². The number of aromatic nitrogens is 2. The highest BCUT2D eigenvalue weighted by atomic mass is 16.6. The molecule has 106 valence electrons. The molecule has 3 rings (SSSR count). The number of aliphatic hydroxyl groups excluding tert-OH is 1. The first-order valence-electron chi connectivity index (χ1n) is 6.84. The molecule has 1 amide bonds. The molecule has 0 radical (unpaired) electrons. The van der Waals surface area contributed by atoms with E-state index in [0.717, 1.165) is 25.7 Å². The van der Waals surface area contributed by atoms with E-state index >= 15 is 0 Å². The van der Waals surface area contributed by atoms with E-state index in [1.54, 1.807) is 30.1 Å². The average Bonchev–Trinajstić information content (AvgIpc) is 2.93. The van der Waals surface area contributed by atoms with E-state index in [0.29, 0.717) is 16.6 Å². The van der Waals surface area contributed by atoms with Gasteiger partial charge in [-0.3, -0.25) is 4.79 Å². The fraction of sp³-hybridized carbons (Fsp3) is 0.500. The van der Waals surface area contributed by atoms with Gasteiger partial charge >= 0.3 is 0 Å². The molecular formula is C14H17N3O3. The first kappa shape index (κ1) is 13.1. The van der Waals surface area contributed by atoms with Crippen molar-refractivity contribution in [3.63, 3.8) is 0 Å². The first-order chi connectivity index (χ1) is 9.66. The second-order valence-corrected chi connectivity index (χ2v) is 5.30. The molecule has 0 saturated heterocycles. The maximum absolute atomic E-state index is 12.5. The molecule has 1 aromatic carbocycles. The van der Waals surface area contributed by atoms with Gasteiger partial charge < -0.3 is 10.0 Å². The fourth-order valence-electron chi connectivity index (χ4n) is 2.81. The van der Waals surface area contributed by atoms with E-state index in [1.807, 2.05) is 0 Å². The number of rotatable bonds is 2. The minimum Gasteiger partial charge on any atom is -0.391 e.